The van der Waals surface area contributed by atoms with Crippen LogP contribution in [0.4, 0.5) is 0 Å². The summed E-state index contributed by atoms with van der Waals surface area (Å²) in [6, 6.07) is 47.2. The lowest BCUT2D eigenvalue weighted by Crippen LogP contribution is -2.55. The second-order valence-electron chi connectivity index (χ2n) is 22.8. The molecule has 4 saturated heterocycles. The molecular weight excluding hydrogens is 1110 g/mol. The van der Waals surface area contributed by atoms with Crippen molar-refractivity contribution in [2.75, 3.05) is 0 Å². The molecule has 0 bridgehead atoms. The molecule has 4 aliphatic heterocycles. The molecule has 0 spiro atoms. The van der Waals surface area contributed by atoms with E-state index in [1.54, 1.807) is 18.2 Å². The Balaban J connectivity index is 0.000000198. The lowest BCUT2D eigenvalue weighted by atomic mass is 9.87. The molecule has 4 atom stereocenters. The topological polar surface area (TPSA) is 220 Å². The molecule has 5 aromatic carbocycles. The SMILES string of the molecule is C=CC(C)(C)OCc1ccccc1.C=CC[C@]1(C(=O)OCc2ccccc2)CC(=O)O1.CC(C)(C)/C=C/C[C@]1(C(=O)OCc2ccccc2)CC(=O)O1.O=C1C[C@](C/C=C/C[C@]2(C(=O)OCc3ccccc3)CC(=O)O2)(C(=O)OCc2ccccc2)O1. The second-order valence-corrected chi connectivity index (χ2v) is 22.8. The zero-order valence-electron chi connectivity index (χ0n) is 49.9. The Morgan fingerprint density at radius 1 is 0.402 bits per heavy atom. The van der Waals surface area contributed by atoms with E-state index in [0.29, 0.717) is 13.0 Å². The van der Waals surface area contributed by atoms with Crippen molar-refractivity contribution in [2.45, 2.75) is 147 Å². The van der Waals surface area contributed by atoms with Gasteiger partial charge in [0.25, 0.3) is 0 Å². The quantitative estimate of drug-likeness (QED) is 0.0318. The average molecular weight is 1190 g/mol. The molecule has 0 aliphatic carbocycles. The van der Waals surface area contributed by atoms with Gasteiger partial charge >= 0.3 is 47.8 Å². The fourth-order valence-corrected chi connectivity index (χ4v) is 8.72. The number of rotatable bonds is 24. The maximum absolute atomic E-state index is 12.6. The molecule has 9 rings (SSSR count). The van der Waals surface area contributed by atoms with Crippen LogP contribution in [0.5, 0.6) is 0 Å². The highest BCUT2D eigenvalue weighted by atomic mass is 16.6. The lowest BCUT2D eigenvalue weighted by Gasteiger charge is -2.38. The van der Waals surface area contributed by atoms with Crippen molar-refractivity contribution >= 4 is 47.8 Å². The molecule has 0 amide bonds. The lowest BCUT2D eigenvalue weighted by molar-refractivity contribution is -0.208. The highest BCUT2D eigenvalue weighted by Gasteiger charge is 2.56. The van der Waals surface area contributed by atoms with Crippen LogP contribution in [0.1, 0.15) is 114 Å². The molecule has 458 valence electrons. The summed E-state index contributed by atoms with van der Waals surface area (Å²) in [5.74, 6) is -3.96. The van der Waals surface area contributed by atoms with E-state index in [2.05, 4.69) is 46.1 Å². The number of carbonyl (C=O) groups is 8. The third kappa shape index (κ3) is 20.5. The van der Waals surface area contributed by atoms with Gasteiger partial charge in [-0.25, -0.2) is 19.2 Å². The zero-order valence-corrected chi connectivity index (χ0v) is 49.9. The van der Waals surface area contributed by atoms with E-state index in [0.717, 1.165) is 22.3 Å². The Morgan fingerprint density at radius 2 is 0.644 bits per heavy atom. The Bertz CT molecular complexity index is 3070. The van der Waals surface area contributed by atoms with Crippen molar-refractivity contribution in [3.05, 3.63) is 229 Å². The molecule has 17 heteroatoms. The van der Waals surface area contributed by atoms with Gasteiger partial charge in [0.05, 0.1) is 37.9 Å². The fraction of sp³-hybridized carbons (Fsp3) is 0.343. The minimum atomic E-state index is -1.39. The summed E-state index contributed by atoms with van der Waals surface area (Å²) >= 11 is 0. The Morgan fingerprint density at radius 3 is 0.874 bits per heavy atom. The minimum absolute atomic E-state index is 0.0168. The van der Waals surface area contributed by atoms with Crippen LogP contribution >= 0.6 is 0 Å². The number of carbonyl (C=O) groups excluding carboxylic acids is 8. The van der Waals surface area contributed by atoms with Gasteiger partial charge in [-0.2, -0.15) is 0 Å². The Hall–Kier alpha value is -9.22. The van der Waals surface area contributed by atoms with E-state index in [1.165, 1.54) is 5.56 Å². The first kappa shape index (κ1) is 66.9. The van der Waals surface area contributed by atoms with Crippen molar-refractivity contribution in [1.29, 1.82) is 0 Å². The number of hydrogen-bond donors (Lipinski definition) is 0. The molecule has 0 unspecified atom stereocenters. The normalized spacial score (nSPS) is 20.7. The van der Waals surface area contributed by atoms with Gasteiger partial charge in [-0.1, -0.05) is 209 Å². The molecule has 4 heterocycles. The second kappa shape index (κ2) is 31.3. The fourth-order valence-electron chi connectivity index (χ4n) is 8.72. The first-order valence-corrected chi connectivity index (χ1v) is 28.5. The van der Waals surface area contributed by atoms with Gasteiger partial charge in [-0.05, 0) is 47.1 Å². The molecule has 17 nitrogen and oxygen atoms in total. The average Bonchev–Trinajstić information content (AvgIpc) is 3.58. The number of hydrogen-bond acceptors (Lipinski definition) is 17. The molecule has 5 aromatic rings. The number of cyclic esters (lactones) is 4. The molecule has 0 radical (unpaired) electrons. The van der Waals surface area contributed by atoms with Gasteiger partial charge in [0.1, 0.15) is 26.4 Å². The van der Waals surface area contributed by atoms with Crippen LogP contribution in [-0.4, -0.2) is 75.8 Å². The first-order valence-electron chi connectivity index (χ1n) is 28.5. The van der Waals surface area contributed by atoms with E-state index in [9.17, 15) is 38.4 Å². The maximum Gasteiger partial charge on any atom is 0.351 e. The van der Waals surface area contributed by atoms with E-state index < -0.39 is 58.2 Å². The predicted octanol–water partition coefficient (Wildman–Crippen LogP) is 11.7. The molecule has 0 aromatic heterocycles. The van der Waals surface area contributed by atoms with E-state index in [-0.39, 0.29) is 94.3 Å². The Labute approximate surface area is 508 Å². The van der Waals surface area contributed by atoms with Crippen LogP contribution in [0.2, 0.25) is 0 Å². The minimum Gasteiger partial charge on any atom is -0.458 e. The molecule has 4 fully saturated rings. The van der Waals surface area contributed by atoms with Crippen LogP contribution in [0.25, 0.3) is 0 Å². The molecule has 4 aliphatic rings. The van der Waals surface area contributed by atoms with Crippen molar-refractivity contribution in [1.82, 2.24) is 0 Å². The Kier molecular flexibility index (Phi) is 24.0. The number of ether oxygens (including phenoxy) is 9. The summed E-state index contributed by atoms with van der Waals surface area (Å²) in [6.45, 7) is 18.6. The largest absolute Gasteiger partial charge is 0.458 e. The number of allylic oxidation sites excluding steroid dienone is 1. The van der Waals surface area contributed by atoms with Crippen LogP contribution in [-0.2, 0) is 114 Å². The van der Waals surface area contributed by atoms with E-state index in [4.69, 9.17) is 42.6 Å². The summed E-state index contributed by atoms with van der Waals surface area (Å²) < 4.78 is 47.2. The maximum atomic E-state index is 12.6. The van der Waals surface area contributed by atoms with E-state index >= 15 is 0 Å². The van der Waals surface area contributed by atoms with Gasteiger partial charge in [-0.15, -0.1) is 13.2 Å². The standard InChI is InChI=1S/C26H24O8.C18H22O4.C14H14O4.C12H16O/c27-21-15-25(33-21,23(29)31-17-19-9-3-1-4-10-19)13-7-8-14-26(16-22(28)34-26)24(30)32-18-20-11-5-2-6-12-20;1-17(2,3)10-7-11-18(12-15(19)22-18)16(20)21-13-14-8-5-4-6-9-14;1-2-8-14(9-12(15)18-14)13(16)17-10-11-6-4-3-5-7-11;1-4-12(2,3)13-10-11-8-6-5-7-9-11/h1-12H,13-18H2;4-10H,11-13H2,1-3H3;2-7H,1,8-10H2;4-9H,1,10H2,2-3H3/b8-7+;10-7+;;/t25-,26-;18-;14-;/m111./s1. The zero-order chi connectivity index (χ0) is 63.0. The third-order valence-electron chi connectivity index (χ3n) is 13.8. The van der Waals surface area contributed by atoms with Crippen molar-refractivity contribution < 1.29 is 81.0 Å². The highest BCUT2D eigenvalue weighted by molar-refractivity contribution is 5.96. The number of esters is 8. The molecular formula is C70H76O17. The summed E-state index contributed by atoms with van der Waals surface area (Å²) in [4.78, 5) is 94.5. The van der Waals surface area contributed by atoms with Gasteiger partial charge < -0.3 is 42.6 Å². The van der Waals surface area contributed by atoms with Crippen molar-refractivity contribution in [3.8, 4) is 0 Å². The molecule has 0 N–H and O–H groups in total. The monoisotopic (exact) mass is 1190 g/mol. The summed E-state index contributed by atoms with van der Waals surface area (Å²) in [5, 5.41) is 0. The summed E-state index contributed by atoms with van der Waals surface area (Å²) in [6.07, 6.45) is 11.2. The van der Waals surface area contributed by atoms with Crippen LogP contribution in [0.15, 0.2) is 201 Å². The molecule has 0 saturated carbocycles. The van der Waals surface area contributed by atoms with Gasteiger partial charge in [0.2, 0.25) is 22.4 Å². The smallest absolute Gasteiger partial charge is 0.351 e. The van der Waals surface area contributed by atoms with Gasteiger partial charge in [-0.3, -0.25) is 19.2 Å². The third-order valence-corrected chi connectivity index (χ3v) is 13.8. The van der Waals surface area contributed by atoms with Gasteiger partial charge in [0, 0.05) is 25.7 Å². The van der Waals surface area contributed by atoms with Crippen LogP contribution in [0.3, 0.4) is 0 Å². The highest BCUT2D eigenvalue weighted by Crippen LogP contribution is 2.38. The number of benzene rings is 5. The van der Waals surface area contributed by atoms with E-state index in [1.807, 2.05) is 172 Å². The van der Waals surface area contributed by atoms with Crippen molar-refractivity contribution in [3.63, 3.8) is 0 Å². The van der Waals surface area contributed by atoms with Crippen LogP contribution < -0.4 is 0 Å². The summed E-state index contributed by atoms with van der Waals surface area (Å²) in [7, 11) is 0. The molecule has 87 heavy (non-hydrogen) atoms. The summed E-state index contributed by atoms with van der Waals surface area (Å²) in [5.41, 5.74) is -0.673. The predicted molar refractivity (Wildman–Crippen MR) is 321 cm³/mol. The first-order chi connectivity index (χ1) is 41.5. The van der Waals surface area contributed by atoms with Gasteiger partial charge in [0.15, 0.2) is 0 Å². The van der Waals surface area contributed by atoms with Crippen molar-refractivity contribution in [2.24, 2.45) is 5.41 Å². The van der Waals surface area contributed by atoms with Crippen LogP contribution in [0, 0.1) is 5.41 Å².